The zero-order valence-corrected chi connectivity index (χ0v) is 8.73. The quantitative estimate of drug-likeness (QED) is 0.551. The lowest BCUT2D eigenvalue weighted by atomic mass is 10.2. The van der Waals surface area contributed by atoms with Crippen molar-refractivity contribution in [3.8, 4) is 12.3 Å². The summed E-state index contributed by atoms with van der Waals surface area (Å²) in [5.74, 6) is 2.03. The first kappa shape index (κ1) is 11.3. The van der Waals surface area contributed by atoms with Crippen LogP contribution in [0.1, 0.15) is 11.7 Å². The van der Waals surface area contributed by atoms with E-state index in [1.165, 1.54) is 7.11 Å². The van der Waals surface area contributed by atoms with Crippen LogP contribution in [0.5, 0.6) is 0 Å². The third kappa shape index (κ3) is 2.58. The van der Waals surface area contributed by atoms with Crippen molar-refractivity contribution in [2.75, 3.05) is 13.7 Å². The first-order chi connectivity index (χ1) is 7.20. The van der Waals surface area contributed by atoms with Gasteiger partial charge in [0.1, 0.15) is 6.04 Å². The van der Waals surface area contributed by atoms with Gasteiger partial charge in [-0.1, -0.05) is 5.92 Å². The maximum atomic E-state index is 11.5. The van der Waals surface area contributed by atoms with Gasteiger partial charge in [0.25, 0.3) is 0 Å². The highest BCUT2D eigenvalue weighted by molar-refractivity contribution is 5.76. The minimum absolute atomic E-state index is 0.297. The maximum absolute atomic E-state index is 11.5. The average molecular weight is 207 g/mol. The summed E-state index contributed by atoms with van der Waals surface area (Å²) in [5, 5.41) is 2.89. The Morgan fingerprint density at radius 1 is 1.87 bits per heavy atom. The summed E-state index contributed by atoms with van der Waals surface area (Å²) in [6.45, 7) is 0.297. The van der Waals surface area contributed by atoms with Crippen LogP contribution in [0.2, 0.25) is 0 Å². The molecule has 1 heterocycles. The Balaban J connectivity index is 2.87. The van der Waals surface area contributed by atoms with Crippen molar-refractivity contribution in [2.24, 2.45) is 7.05 Å². The largest absolute Gasteiger partial charge is 0.468 e. The minimum Gasteiger partial charge on any atom is -0.468 e. The number of imidazole rings is 1. The number of esters is 1. The SMILES string of the molecule is C#CCNC(C(=O)OC)c1cncn1C. The van der Waals surface area contributed by atoms with Crippen molar-refractivity contribution in [3.63, 3.8) is 0 Å². The van der Waals surface area contributed by atoms with E-state index < -0.39 is 6.04 Å². The summed E-state index contributed by atoms with van der Waals surface area (Å²) < 4.78 is 6.42. The average Bonchev–Trinajstić information content (AvgIpc) is 2.65. The molecule has 0 spiro atoms. The van der Waals surface area contributed by atoms with Gasteiger partial charge >= 0.3 is 5.97 Å². The Labute approximate surface area is 88.4 Å². The van der Waals surface area contributed by atoms with E-state index >= 15 is 0 Å². The summed E-state index contributed by atoms with van der Waals surface area (Å²) in [5.41, 5.74) is 0.720. The van der Waals surface area contributed by atoms with Crippen LogP contribution in [0.4, 0.5) is 0 Å². The molecule has 5 heteroatoms. The molecule has 0 aliphatic rings. The molecule has 0 saturated heterocycles. The topological polar surface area (TPSA) is 56.1 Å². The van der Waals surface area contributed by atoms with Gasteiger partial charge in [0.15, 0.2) is 0 Å². The van der Waals surface area contributed by atoms with Gasteiger partial charge in [0.2, 0.25) is 0 Å². The fourth-order valence-electron chi connectivity index (χ4n) is 1.23. The molecule has 1 aromatic rings. The van der Waals surface area contributed by atoms with Crippen LogP contribution >= 0.6 is 0 Å². The van der Waals surface area contributed by atoms with E-state index in [9.17, 15) is 4.79 Å². The predicted octanol–water partition coefficient (Wildman–Crippen LogP) is -0.143. The second-order valence-electron chi connectivity index (χ2n) is 2.97. The third-order valence-electron chi connectivity index (χ3n) is 1.99. The van der Waals surface area contributed by atoms with Gasteiger partial charge in [-0.15, -0.1) is 6.42 Å². The highest BCUT2D eigenvalue weighted by Crippen LogP contribution is 2.12. The standard InChI is InChI=1S/C10H13N3O2/c1-4-5-12-9(10(14)15-3)8-6-11-7-13(8)2/h1,6-7,9,12H,5H2,2-3H3. The van der Waals surface area contributed by atoms with Gasteiger partial charge in [-0.25, -0.2) is 9.78 Å². The molecule has 1 unspecified atom stereocenters. The molecule has 80 valence electrons. The molecule has 0 fully saturated rings. The summed E-state index contributed by atoms with van der Waals surface area (Å²) in [7, 11) is 3.14. The van der Waals surface area contributed by atoms with Crippen LogP contribution in [0.25, 0.3) is 0 Å². The number of nitrogens with one attached hydrogen (secondary N) is 1. The summed E-state index contributed by atoms with van der Waals surface area (Å²) in [6, 6.07) is -0.571. The Morgan fingerprint density at radius 3 is 3.07 bits per heavy atom. The van der Waals surface area contributed by atoms with Gasteiger partial charge < -0.3 is 9.30 Å². The molecule has 15 heavy (non-hydrogen) atoms. The molecule has 0 bridgehead atoms. The van der Waals surface area contributed by atoms with Crippen LogP contribution in [-0.2, 0) is 16.6 Å². The minimum atomic E-state index is -0.571. The number of carbonyl (C=O) groups excluding carboxylic acids is 1. The number of hydrogen-bond acceptors (Lipinski definition) is 4. The first-order valence-electron chi connectivity index (χ1n) is 4.41. The highest BCUT2D eigenvalue weighted by atomic mass is 16.5. The summed E-state index contributed by atoms with van der Waals surface area (Å²) in [6.07, 6.45) is 8.34. The van der Waals surface area contributed by atoms with E-state index in [-0.39, 0.29) is 5.97 Å². The second kappa shape index (κ2) is 5.17. The molecule has 0 aliphatic carbocycles. The van der Waals surface area contributed by atoms with Crippen molar-refractivity contribution >= 4 is 5.97 Å². The van der Waals surface area contributed by atoms with Gasteiger partial charge in [-0.2, -0.15) is 0 Å². The van der Waals surface area contributed by atoms with Crippen molar-refractivity contribution in [1.82, 2.24) is 14.9 Å². The van der Waals surface area contributed by atoms with Crippen LogP contribution in [-0.4, -0.2) is 29.2 Å². The Hall–Kier alpha value is -1.80. The molecule has 0 saturated carbocycles. The number of aryl methyl sites for hydroxylation is 1. The zero-order valence-electron chi connectivity index (χ0n) is 8.73. The number of ether oxygens (including phenoxy) is 1. The number of aromatic nitrogens is 2. The molecule has 1 N–H and O–H groups in total. The number of hydrogen-bond donors (Lipinski definition) is 1. The monoisotopic (exact) mass is 207 g/mol. The van der Waals surface area contributed by atoms with E-state index in [1.54, 1.807) is 24.1 Å². The van der Waals surface area contributed by atoms with Gasteiger partial charge in [-0.3, -0.25) is 5.32 Å². The van der Waals surface area contributed by atoms with Crippen LogP contribution in [0.3, 0.4) is 0 Å². The molecule has 0 aromatic carbocycles. The lowest BCUT2D eigenvalue weighted by molar-refractivity contribution is -0.143. The van der Waals surface area contributed by atoms with Crippen molar-refractivity contribution < 1.29 is 9.53 Å². The van der Waals surface area contributed by atoms with Gasteiger partial charge in [0, 0.05) is 7.05 Å². The van der Waals surface area contributed by atoms with E-state index in [0.29, 0.717) is 6.54 Å². The number of methoxy groups -OCH3 is 1. The molecule has 5 nitrogen and oxygen atoms in total. The Morgan fingerprint density at radius 2 is 2.60 bits per heavy atom. The van der Waals surface area contributed by atoms with Gasteiger partial charge in [-0.05, 0) is 0 Å². The lowest BCUT2D eigenvalue weighted by Crippen LogP contribution is -2.31. The Kier molecular flexibility index (Phi) is 3.89. The van der Waals surface area contributed by atoms with E-state index in [0.717, 1.165) is 5.69 Å². The molecule has 1 atom stereocenters. The van der Waals surface area contributed by atoms with E-state index in [2.05, 4.69) is 21.0 Å². The molecule has 0 radical (unpaired) electrons. The van der Waals surface area contributed by atoms with Crippen molar-refractivity contribution in [1.29, 1.82) is 0 Å². The van der Waals surface area contributed by atoms with Crippen molar-refractivity contribution in [2.45, 2.75) is 6.04 Å². The van der Waals surface area contributed by atoms with E-state index in [1.807, 2.05) is 0 Å². The molecular weight excluding hydrogens is 194 g/mol. The molecular formula is C10H13N3O2. The number of terminal acetylenes is 1. The summed E-state index contributed by atoms with van der Waals surface area (Å²) in [4.78, 5) is 15.4. The summed E-state index contributed by atoms with van der Waals surface area (Å²) >= 11 is 0. The van der Waals surface area contributed by atoms with E-state index in [4.69, 9.17) is 6.42 Å². The fraction of sp³-hybridized carbons (Fsp3) is 0.400. The van der Waals surface area contributed by atoms with Crippen molar-refractivity contribution in [3.05, 3.63) is 18.2 Å². The number of rotatable bonds is 4. The first-order valence-corrected chi connectivity index (χ1v) is 4.41. The van der Waals surface area contributed by atoms with Crippen LogP contribution in [0, 0.1) is 12.3 Å². The molecule has 1 aromatic heterocycles. The zero-order chi connectivity index (χ0) is 11.3. The van der Waals surface area contributed by atoms with Gasteiger partial charge in [0.05, 0.1) is 31.9 Å². The smallest absolute Gasteiger partial charge is 0.329 e. The Bertz CT molecular complexity index is 378. The fourth-order valence-corrected chi connectivity index (χ4v) is 1.23. The maximum Gasteiger partial charge on any atom is 0.329 e. The molecule has 1 rings (SSSR count). The highest BCUT2D eigenvalue weighted by Gasteiger charge is 2.22. The second-order valence-corrected chi connectivity index (χ2v) is 2.97. The third-order valence-corrected chi connectivity index (χ3v) is 1.99. The predicted molar refractivity (Wildman–Crippen MR) is 54.8 cm³/mol. The molecule has 0 aliphatic heterocycles. The van der Waals surface area contributed by atoms with Crippen LogP contribution in [0.15, 0.2) is 12.5 Å². The normalized spacial score (nSPS) is 11.8. The number of carbonyl (C=O) groups is 1. The molecule has 0 amide bonds. The van der Waals surface area contributed by atoms with Crippen LogP contribution < -0.4 is 5.32 Å². The number of nitrogens with zero attached hydrogens (tertiary/aromatic N) is 2. The lowest BCUT2D eigenvalue weighted by Gasteiger charge is -2.15.